The number of carbonyl (C=O) groups excluding carboxylic acids is 1. The lowest BCUT2D eigenvalue weighted by atomic mass is 10.2. The summed E-state index contributed by atoms with van der Waals surface area (Å²) in [5, 5.41) is 2.97. The Balaban J connectivity index is 2.43. The minimum Gasteiger partial charge on any atom is -0.468 e. The molecule has 1 saturated carbocycles. The third-order valence-corrected chi connectivity index (χ3v) is 2.44. The van der Waals surface area contributed by atoms with E-state index in [2.05, 4.69) is 10.1 Å². The van der Waals surface area contributed by atoms with Gasteiger partial charge in [-0.2, -0.15) is 13.2 Å². The van der Waals surface area contributed by atoms with Crippen LogP contribution >= 0.6 is 0 Å². The van der Waals surface area contributed by atoms with Crippen molar-refractivity contribution in [3.05, 3.63) is 0 Å². The number of carbonyl (C=O) groups is 1. The highest BCUT2D eigenvalue weighted by molar-refractivity contribution is 5.76. The van der Waals surface area contributed by atoms with Gasteiger partial charge in [0.1, 0.15) is 6.04 Å². The number of esters is 1. The summed E-state index contributed by atoms with van der Waals surface area (Å²) in [5.74, 6) is -0.522. The monoisotopic (exact) mass is 254 g/mol. The summed E-state index contributed by atoms with van der Waals surface area (Å²) >= 11 is 0. The van der Waals surface area contributed by atoms with Crippen molar-refractivity contribution in [2.24, 2.45) is 0 Å². The van der Waals surface area contributed by atoms with E-state index < -0.39 is 24.7 Å². The lowest BCUT2D eigenvalue weighted by Crippen LogP contribution is -2.48. The van der Waals surface area contributed by atoms with Gasteiger partial charge in [0, 0.05) is 12.6 Å². The zero-order chi connectivity index (χ0) is 13.1. The zero-order valence-electron chi connectivity index (χ0n) is 9.88. The van der Waals surface area contributed by atoms with Gasteiger partial charge in [-0.05, 0) is 19.9 Å². The SMILES string of the molecule is COC(=O)C(CN(C)CC(F)(F)F)NC1CC1. The molecular formula is C10H17F3N2O2. The Morgan fingerprint density at radius 3 is 2.53 bits per heavy atom. The maximum Gasteiger partial charge on any atom is 0.401 e. The Kier molecular flexibility index (Phi) is 4.76. The molecule has 0 spiro atoms. The molecule has 0 radical (unpaired) electrons. The van der Waals surface area contributed by atoms with Gasteiger partial charge >= 0.3 is 12.1 Å². The highest BCUT2D eigenvalue weighted by Gasteiger charge is 2.33. The predicted octanol–water partition coefficient (Wildman–Crippen LogP) is 0.774. The van der Waals surface area contributed by atoms with Crippen LogP contribution in [-0.4, -0.2) is 56.4 Å². The van der Waals surface area contributed by atoms with Crippen LogP contribution in [0.15, 0.2) is 0 Å². The minimum atomic E-state index is -4.25. The number of hydrogen-bond acceptors (Lipinski definition) is 4. The molecule has 1 atom stereocenters. The van der Waals surface area contributed by atoms with E-state index >= 15 is 0 Å². The Labute approximate surface area is 98.1 Å². The first-order valence-corrected chi connectivity index (χ1v) is 5.41. The van der Waals surface area contributed by atoms with E-state index in [1.807, 2.05) is 0 Å². The van der Waals surface area contributed by atoms with Crippen LogP contribution in [0.5, 0.6) is 0 Å². The van der Waals surface area contributed by atoms with Gasteiger partial charge in [-0.1, -0.05) is 0 Å². The minimum absolute atomic E-state index is 0.0112. The fourth-order valence-corrected chi connectivity index (χ4v) is 1.55. The number of methoxy groups -OCH3 is 1. The predicted molar refractivity (Wildman–Crippen MR) is 55.5 cm³/mol. The molecule has 0 heterocycles. The number of nitrogens with zero attached hydrogens (tertiary/aromatic N) is 1. The van der Waals surface area contributed by atoms with Crippen LogP contribution < -0.4 is 5.32 Å². The average molecular weight is 254 g/mol. The molecule has 0 aromatic rings. The molecule has 100 valence electrons. The molecule has 1 aliphatic carbocycles. The molecule has 1 unspecified atom stereocenters. The summed E-state index contributed by atoms with van der Waals surface area (Å²) in [4.78, 5) is 12.5. The van der Waals surface area contributed by atoms with Gasteiger partial charge in [-0.25, -0.2) is 0 Å². The fraction of sp³-hybridized carbons (Fsp3) is 0.900. The summed E-state index contributed by atoms with van der Waals surface area (Å²) in [7, 11) is 2.56. The van der Waals surface area contributed by atoms with Gasteiger partial charge < -0.3 is 10.1 Å². The largest absolute Gasteiger partial charge is 0.468 e. The van der Waals surface area contributed by atoms with Crippen molar-refractivity contribution < 1.29 is 22.7 Å². The van der Waals surface area contributed by atoms with E-state index in [1.165, 1.54) is 14.2 Å². The van der Waals surface area contributed by atoms with Gasteiger partial charge in [0.25, 0.3) is 0 Å². The smallest absolute Gasteiger partial charge is 0.401 e. The van der Waals surface area contributed by atoms with E-state index in [4.69, 9.17) is 0 Å². The van der Waals surface area contributed by atoms with E-state index in [1.54, 1.807) is 0 Å². The van der Waals surface area contributed by atoms with Crippen LogP contribution in [0, 0.1) is 0 Å². The summed E-state index contributed by atoms with van der Waals surface area (Å²) in [6.45, 7) is -1.05. The van der Waals surface area contributed by atoms with Crippen molar-refractivity contribution in [3.8, 4) is 0 Å². The van der Waals surface area contributed by atoms with Gasteiger partial charge in [0.05, 0.1) is 13.7 Å². The molecule has 1 rings (SSSR count). The molecule has 1 N–H and O–H groups in total. The standard InChI is InChI=1S/C10H17F3N2O2/c1-15(6-10(11,12)13)5-8(9(16)17-2)14-7-3-4-7/h7-8,14H,3-6H2,1-2H3. The van der Waals surface area contributed by atoms with E-state index in [-0.39, 0.29) is 12.6 Å². The molecule has 0 saturated heterocycles. The third kappa shape index (κ3) is 5.88. The molecule has 0 aromatic heterocycles. The van der Waals surface area contributed by atoms with Crippen molar-refractivity contribution in [2.45, 2.75) is 31.1 Å². The van der Waals surface area contributed by atoms with Crippen LogP contribution in [0.25, 0.3) is 0 Å². The first kappa shape index (κ1) is 14.2. The van der Waals surface area contributed by atoms with Gasteiger partial charge in [0.15, 0.2) is 0 Å². The summed E-state index contributed by atoms with van der Waals surface area (Å²) in [5.41, 5.74) is 0. The molecule has 0 amide bonds. The zero-order valence-corrected chi connectivity index (χ0v) is 9.88. The van der Waals surface area contributed by atoms with Crippen molar-refractivity contribution >= 4 is 5.97 Å². The molecule has 1 aliphatic rings. The lowest BCUT2D eigenvalue weighted by Gasteiger charge is -2.24. The normalized spacial score (nSPS) is 18.2. The summed E-state index contributed by atoms with van der Waals surface area (Å²) in [6.07, 6.45) is -2.35. The Bertz CT molecular complexity index is 267. The van der Waals surface area contributed by atoms with Crippen LogP contribution in [0.4, 0.5) is 13.2 Å². The molecular weight excluding hydrogens is 237 g/mol. The second-order valence-electron chi connectivity index (χ2n) is 4.33. The van der Waals surface area contributed by atoms with Crippen molar-refractivity contribution in [2.75, 3.05) is 27.2 Å². The number of likely N-dealkylation sites (N-methyl/N-ethyl adjacent to an activating group) is 1. The lowest BCUT2D eigenvalue weighted by molar-refractivity contribution is -0.151. The van der Waals surface area contributed by atoms with Crippen LogP contribution in [0.3, 0.4) is 0 Å². The van der Waals surface area contributed by atoms with Gasteiger partial charge in [-0.15, -0.1) is 0 Å². The second kappa shape index (κ2) is 5.68. The third-order valence-electron chi connectivity index (χ3n) is 2.44. The Hall–Kier alpha value is -0.820. The quantitative estimate of drug-likeness (QED) is 0.711. The van der Waals surface area contributed by atoms with Crippen molar-refractivity contribution in [3.63, 3.8) is 0 Å². The van der Waals surface area contributed by atoms with Gasteiger partial charge in [-0.3, -0.25) is 9.69 Å². The average Bonchev–Trinajstić information content (AvgIpc) is 2.96. The van der Waals surface area contributed by atoms with Crippen LogP contribution in [-0.2, 0) is 9.53 Å². The van der Waals surface area contributed by atoms with E-state index in [0.717, 1.165) is 17.7 Å². The first-order chi connectivity index (χ1) is 7.81. The fourth-order valence-electron chi connectivity index (χ4n) is 1.55. The first-order valence-electron chi connectivity index (χ1n) is 5.41. The maximum atomic E-state index is 12.1. The molecule has 7 heteroatoms. The van der Waals surface area contributed by atoms with Crippen LogP contribution in [0.1, 0.15) is 12.8 Å². The Morgan fingerprint density at radius 2 is 2.12 bits per heavy atom. The number of alkyl halides is 3. The highest BCUT2D eigenvalue weighted by atomic mass is 19.4. The molecule has 17 heavy (non-hydrogen) atoms. The summed E-state index contributed by atoms with van der Waals surface area (Å²) < 4.78 is 41.0. The van der Waals surface area contributed by atoms with E-state index in [0.29, 0.717) is 0 Å². The molecule has 0 aromatic carbocycles. The number of ether oxygens (including phenoxy) is 1. The summed E-state index contributed by atoms with van der Waals surface area (Å²) in [6, 6.07) is -0.460. The molecule has 4 nitrogen and oxygen atoms in total. The molecule has 0 aliphatic heterocycles. The number of rotatable bonds is 6. The second-order valence-corrected chi connectivity index (χ2v) is 4.33. The molecule has 0 bridgehead atoms. The van der Waals surface area contributed by atoms with Crippen molar-refractivity contribution in [1.82, 2.24) is 10.2 Å². The number of halogens is 3. The van der Waals surface area contributed by atoms with E-state index in [9.17, 15) is 18.0 Å². The number of hydrogen-bond donors (Lipinski definition) is 1. The maximum absolute atomic E-state index is 12.1. The molecule has 1 fully saturated rings. The van der Waals surface area contributed by atoms with Gasteiger partial charge in [0.2, 0.25) is 0 Å². The highest BCUT2D eigenvalue weighted by Crippen LogP contribution is 2.20. The van der Waals surface area contributed by atoms with Crippen LogP contribution in [0.2, 0.25) is 0 Å². The van der Waals surface area contributed by atoms with Crippen molar-refractivity contribution in [1.29, 1.82) is 0 Å². The topological polar surface area (TPSA) is 41.6 Å². The Morgan fingerprint density at radius 1 is 1.53 bits per heavy atom. The number of nitrogens with one attached hydrogen (secondary N) is 1.